The molecule has 92 valence electrons. The van der Waals surface area contributed by atoms with E-state index in [1.54, 1.807) is 11.3 Å². The Labute approximate surface area is 111 Å². The van der Waals surface area contributed by atoms with Crippen LogP contribution >= 0.6 is 22.9 Å². The maximum Gasteiger partial charge on any atom is 0.0931 e. The van der Waals surface area contributed by atoms with Crippen molar-refractivity contribution in [2.24, 2.45) is 29.6 Å². The van der Waals surface area contributed by atoms with Gasteiger partial charge in [0.1, 0.15) is 0 Å². The molecule has 17 heavy (non-hydrogen) atoms. The van der Waals surface area contributed by atoms with E-state index in [0.29, 0.717) is 5.92 Å². The van der Waals surface area contributed by atoms with Crippen molar-refractivity contribution in [2.45, 2.75) is 31.8 Å². The molecular formula is C14H17ClOS. The van der Waals surface area contributed by atoms with Gasteiger partial charge in [-0.05, 0) is 61.0 Å². The highest BCUT2D eigenvalue weighted by Gasteiger charge is 2.66. The number of rotatable bonds is 3. The molecule has 3 aliphatic carbocycles. The summed E-state index contributed by atoms with van der Waals surface area (Å²) in [6.07, 6.45) is 5.01. The molecule has 1 N–H and O–H groups in total. The van der Waals surface area contributed by atoms with Crippen LogP contribution in [0.3, 0.4) is 0 Å². The summed E-state index contributed by atoms with van der Waals surface area (Å²) >= 11 is 7.54. The number of fused-ring (bicyclic) bond motifs is 5. The summed E-state index contributed by atoms with van der Waals surface area (Å²) in [6.45, 7) is 0. The molecule has 3 heteroatoms. The molecule has 3 fully saturated rings. The molecule has 5 atom stereocenters. The summed E-state index contributed by atoms with van der Waals surface area (Å²) in [4.78, 5) is 1.24. The molecule has 1 heterocycles. The molecule has 1 aromatic rings. The lowest BCUT2D eigenvalue weighted by atomic mass is 9.97. The molecule has 2 bridgehead atoms. The molecule has 0 aliphatic heterocycles. The van der Waals surface area contributed by atoms with Crippen LogP contribution in [0.5, 0.6) is 0 Å². The van der Waals surface area contributed by atoms with E-state index >= 15 is 0 Å². The number of aliphatic hydroxyl groups excluding tert-OH is 1. The maximum atomic E-state index is 10.4. The van der Waals surface area contributed by atoms with E-state index in [1.807, 2.05) is 6.07 Å². The van der Waals surface area contributed by atoms with Crippen LogP contribution in [0.2, 0.25) is 4.34 Å². The summed E-state index contributed by atoms with van der Waals surface area (Å²) < 4.78 is 0.836. The van der Waals surface area contributed by atoms with E-state index in [2.05, 4.69) is 6.07 Å². The van der Waals surface area contributed by atoms with Crippen LogP contribution < -0.4 is 0 Å². The molecule has 0 spiro atoms. The molecule has 1 nitrogen and oxygen atoms in total. The molecule has 0 amide bonds. The standard InChI is InChI=1S/C14H17ClOS/c15-11-4-3-9(17-11)6-10(16)14-12-7-1-2-8(5-7)13(12)14/h3-4,7-8,10,12-14,16H,1-2,5-6H2. The van der Waals surface area contributed by atoms with Gasteiger partial charge in [-0.1, -0.05) is 11.6 Å². The lowest BCUT2D eigenvalue weighted by Crippen LogP contribution is -2.17. The van der Waals surface area contributed by atoms with Gasteiger partial charge in [0.25, 0.3) is 0 Å². The Hall–Kier alpha value is -0.0500. The summed E-state index contributed by atoms with van der Waals surface area (Å²) in [5.74, 6) is 4.27. The second kappa shape index (κ2) is 3.72. The van der Waals surface area contributed by atoms with Crippen molar-refractivity contribution in [1.82, 2.24) is 0 Å². The normalized spacial score (nSPS) is 43.8. The zero-order valence-corrected chi connectivity index (χ0v) is 11.3. The van der Waals surface area contributed by atoms with Gasteiger partial charge < -0.3 is 5.11 Å². The molecule has 1 aromatic heterocycles. The van der Waals surface area contributed by atoms with Gasteiger partial charge in [-0.3, -0.25) is 0 Å². The average molecular weight is 269 g/mol. The van der Waals surface area contributed by atoms with E-state index in [9.17, 15) is 5.11 Å². The summed E-state index contributed by atoms with van der Waals surface area (Å²) in [5.41, 5.74) is 0. The predicted molar refractivity (Wildman–Crippen MR) is 70.3 cm³/mol. The fourth-order valence-electron chi connectivity index (χ4n) is 4.71. The van der Waals surface area contributed by atoms with Crippen molar-refractivity contribution in [3.8, 4) is 0 Å². The molecule has 4 rings (SSSR count). The lowest BCUT2D eigenvalue weighted by molar-refractivity contribution is 0.129. The summed E-state index contributed by atoms with van der Waals surface area (Å²) in [6, 6.07) is 3.99. The molecule has 5 unspecified atom stereocenters. The van der Waals surface area contributed by atoms with Crippen LogP contribution in [0.15, 0.2) is 12.1 Å². The Balaban J connectivity index is 1.44. The van der Waals surface area contributed by atoms with Gasteiger partial charge >= 0.3 is 0 Å². The molecule has 0 aromatic carbocycles. The van der Waals surface area contributed by atoms with E-state index in [4.69, 9.17) is 11.6 Å². The first-order chi connectivity index (χ1) is 8.24. The number of hydrogen-bond donors (Lipinski definition) is 1. The number of aliphatic hydroxyl groups is 1. The number of halogens is 1. The third-order valence-corrected chi connectivity index (χ3v) is 6.53. The SMILES string of the molecule is OC(Cc1ccc(Cl)s1)C1C2C3CCC(C3)C12. The largest absolute Gasteiger partial charge is 0.392 e. The first kappa shape index (κ1) is 10.8. The fourth-order valence-corrected chi connectivity index (χ4v) is 5.85. The van der Waals surface area contributed by atoms with Crippen molar-refractivity contribution in [3.63, 3.8) is 0 Å². The van der Waals surface area contributed by atoms with Crippen LogP contribution in [0.1, 0.15) is 24.1 Å². The third kappa shape index (κ3) is 1.61. The molecular weight excluding hydrogens is 252 g/mol. The van der Waals surface area contributed by atoms with Crippen molar-refractivity contribution >= 4 is 22.9 Å². The zero-order chi connectivity index (χ0) is 11.6. The van der Waals surface area contributed by atoms with Gasteiger partial charge in [-0.2, -0.15) is 0 Å². The minimum Gasteiger partial charge on any atom is -0.392 e. The van der Waals surface area contributed by atoms with Gasteiger partial charge in [0.2, 0.25) is 0 Å². The summed E-state index contributed by atoms with van der Waals surface area (Å²) in [7, 11) is 0. The van der Waals surface area contributed by atoms with Gasteiger partial charge in [0.05, 0.1) is 10.4 Å². The summed E-state index contributed by atoms with van der Waals surface area (Å²) in [5, 5.41) is 10.4. The predicted octanol–water partition coefficient (Wildman–Crippen LogP) is 3.60. The van der Waals surface area contributed by atoms with Crippen LogP contribution in [0.4, 0.5) is 0 Å². The van der Waals surface area contributed by atoms with E-state index in [-0.39, 0.29) is 6.10 Å². The maximum absolute atomic E-state index is 10.4. The van der Waals surface area contributed by atoms with Gasteiger partial charge in [0, 0.05) is 11.3 Å². The highest BCUT2D eigenvalue weighted by molar-refractivity contribution is 7.16. The number of hydrogen-bond acceptors (Lipinski definition) is 2. The molecule has 3 saturated carbocycles. The Bertz CT molecular complexity index is 427. The first-order valence-electron chi connectivity index (χ1n) is 6.66. The number of thiophene rings is 1. The van der Waals surface area contributed by atoms with Gasteiger partial charge in [0.15, 0.2) is 0 Å². The fraction of sp³-hybridized carbons (Fsp3) is 0.714. The van der Waals surface area contributed by atoms with Crippen molar-refractivity contribution in [1.29, 1.82) is 0 Å². The van der Waals surface area contributed by atoms with Crippen molar-refractivity contribution in [2.75, 3.05) is 0 Å². The monoisotopic (exact) mass is 268 g/mol. The van der Waals surface area contributed by atoms with Crippen LogP contribution in [0.25, 0.3) is 0 Å². The minimum atomic E-state index is -0.122. The average Bonchev–Trinajstić information content (AvgIpc) is 2.65. The first-order valence-corrected chi connectivity index (χ1v) is 7.86. The smallest absolute Gasteiger partial charge is 0.0931 e. The van der Waals surface area contributed by atoms with Crippen molar-refractivity contribution in [3.05, 3.63) is 21.3 Å². The lowest BCUT2D eigenvalue weighted by Gasteiger charge is -2.14. The molecule has 3 aliphatic rings. The Morgan fingerprint density at radius 2 is 2.00 bits per heavy atom. The quantitative estimate of drug-likeness (QED) is 0.888. The molecule has 0 saturated heterocycles. The highest BCUT2D eigenvalue weighted by atomic mass is 35.5. The van der Waals surface area contributed by atoms with Crippen LogP contribution in [-0.4, -0.2) is 11.2 Å². The zero-order valence-electron chi connectivity index (χ0n) is 9.68. The second-order valence-electron chi connectivity index (χ2n) is 6.04. The Morgan fingerprint density at radius 1 is 1.29 bits per heavy atom. The third-order valence-electron chi connectivity index (χ3n) is 5.28. The van der Waals surface area contributed by atoms with Gasteiger partial charge in [-0.25, -0.2) is 0 Å². The second-order valence-corrected chi connectivity index (χ2v) is 7.84. The van der Waals surface area contributed by atoms with Crippen LogP contribution in [-0.2, 0) is 6.42 Å². The van der Waals surface area contributed by atoms with Crippen LogP contribution in [0, 0.1) is 29.6 Å². The Kier molecular flexibility index (Phi) is 2.37. The topological polar surface area (TPSA) is 20.2 Å². The highest BCUT2D eigenvalue weighted by Crippen LogP contribution is 2.70. The minimum absolute atomic E-state index is 0.122. The van der Waals surface area contributed by atoms with Crippen molar-refractivity contribution < 1.29 is 5.11 Å². The Morgan fingerprint density at radius 3 is 2.59 bits per heavy atom. The molecule has 0 radical (unpaired) electrons. The van der Waals surface area contributed by atoms with Gasteiger partial charge in [-0.15, -0.1) is 11.3 Å². The van der Waals surface area contributed by atoms with E-state index in [0.717, 1.165) is 34.4 Å². The van der Waals surface area contributed by atoms with E-state index in [1.165, 1.54) is 24.1 Å². The van der Waals surface area contributed by atoms with E-state index < -0.39 is 0 Å².